The average molecular weight is 276 g/mol. The van der Waals surface area contributed by atoms with Gasteiger partial charge in [-0.25, -0.2) is 0 Å². The molecular formula is C13H28O4Si. The van der Waals surface area contributed by atoms with E-state index < -0.39 is 8.80 Å². The first-order valence-electron chi connectivity index (χ1n) is 6.61. The van der Waals surface area contributed by atoms with Gasteiger partial charge in [0.25, 0.3) is 0 Å². The van der Waals surface area contributed by atoms with E-state index in [9.17, 15) is 0 Å². The van der Waals surface area contributed by atoms with Gasteiger partial charge in [-0.2, -0.15) is 0 Å². The lowest BCUT2D eigenvalue weighted by atomic mass is 10.2. The summed E-state index contributed by atoms with van der Waals surface area (Å²) in [5, 5.41) is 0. The molecular weight excluding hydrogens is 248 g/mol. The van der Waals surface area contributed by atoms with Gasteiger partial charge in [-0.15, -0.1) is 0 Å². The summed E-state index contributed by atoms with van der Waals surface area (Å²) in [6, 6.07) is 0.786. The van der Waals surface area contributed by atoms with Crippen molar-refractivity contribution < 1.29 is 18.0 Å². The van der Waals surface area contributed by atoms with Crippen molar-refractivity contribution in [2.75, 3.05) is 26.9 Å². The minimum Gasteiger partial charge on any atom is -0.377 e. The molecule has 0 saturated carbocycles. The van der Waals surface area contributed by atoms with Crippen LogP contribution in [0.25, 0.3) is 0 Å². The predicted molar refractivity (Wildman–Crippen MR) is 75.7 cm³/mol. The molecule has 0 aromatic heterocycles. The van der Waals surface area contributed by atoms with E-state index in [1.54, 1.807) is 7.11 Å². The topological polar surface area (TPSA) is 36.9 Å². The zero-order valence-corrected chi connectivity index (χ0v) is 13.5. The van der Waals surface area contributed by atoms with Gasteiger partial charge in [0.1, 0.15) is 0 Å². The quantitative estimate of drug-likeness (QED) is 0.330. The van der Waals surface area contributed by atoms with Gasteiger partial charge in [0.15, 0.2) is 0 Å². The van der Waals surface area contributed by atoms with Crippen LogP contribution >= 0.6 is 0 Å². The summed E-state index contributed by atoms with van der Waals surface area (Å²) >= 11 is 0. The van der Waals surface area contributed by atoms with Gasteiger partial charge in [-0.05, 0) is 34.1 Å². The first-order valence-corrected chi connectivity index (χ1v) is 8.54. The van der Waals surface area contributed by atoms with E-state index >= 15 is 0 Å². The second kappa shape index (κ2) is 9.69. The van der Waals surface area contributed by atoms with Crippen molar-refractivity contribution in [2.24, 2.45) is 0 Å². The Kier molecular flexibility index (Phi) is 9.58. The number of hydrogen-bond donors (Lipinski definition) is 0. The Balaban J connectivity index is 4.06. The van der Waals surface area contributed by atoms with E-state index in [-0.39, 0.29) is 6.10 Å². The average Bonchev–Trinajstić information content (AvgIpc) is 2.34. The van der Waals surface area contributed by atoms with E-state index in [0.29, 0.717) is 19.8 Å². The molecule has 0 aliphatic heterocycles. The summed E-state index contributed by atoms with van der Waals surface area (Å²) in [7, 11) is -0.809. The van der Waals surface area contributed by atoms with Gasteiger partial charge >= 0.3 is 8.80 Å². The molecule has 0 saturated heterocycles. The van der Waals surface area contributed by atoms with Gasteiger partial charge < -0.3 is 18.0 Å². The number of rotatable bonds is 11. The maximum absolute atomic E-state index is 5.70. The molecule has 0 amide bonds. The minimum atomic E-state index is -2.47. The Bertz CT molecular complexity index is 227. The number of hydrogen-bond acceptors (Lipinski definition) is 4. The van der Waals surface area contributed by atoms with E-state index in [4.69, 9.17) is 18.0 Å². The molecule has 0 fully saturated rings. The van der Waals surface area contributed by atoms with E-state index in [2.05, 4.69) is 6.58 Å². The third-order valence-electron chi connectivity index (χ3n) is 2.73. The summed E-state index contributed by atoms with van der Waals surface area (Å²) in [4.78, 5) is 0. The van der Waals surface area contributed by atoms with Gasteiger partial charge in [-0.3, -0.25) is 0 Å². The molecule has 0 bridgehead atoms. The molecule has 0 radical (unpaired) electrons. The van der Waals surface area contributed by atoms with Gasteiger partial charge in [0, 0.05) is 33.0 Å². The fraction of sp³-hybridized carbons (Fsp3) is 0.846. The molecule has 18 heavy (non-hydrogen) atoms. The van der Waals surface area contributed by atoms with Crippen molar-refractivity contribution in [3.8, 4) is 0 Å². The van der Waals surface area contributed by atoms with Crippen LogP contribution in [0.15, 0.2) is 12.2 Å². The molecule has 0 heterocycles. The smallest absolute Gasteiger partial charge is 0.377 e. The Morgan fingerprint density at radius 1 is 1.22 bits per heavy atom. The van der Waals surface area contributed by atoms with Crippen LogP contribution in [0.3, 0.4) is 0 Å². The zero-order chi connectivity index (χ0) is 14.0. The van der Waals surface area contributed by atoms with Crippen LogP contribution in [0.5, 0.6) is 0 Å². The molecule has 0 aliphatic carbocycles. The highest BCUT2D eigenvalue weighted by atomic mass is 28.4. The monoisotopic (exact) mass is 276 g/mol. The minimum absolute atomic E-state index is 0.0998. The summed E-state index contributed by atoms with van der Waals surface area (Å²) in [5.41, 5.74) is 1.04. The van der Waals surface area contributed by atoms with Gasteiger partial charge in [0.2, 0.25) is 0 Å². The second-order valence-electron chi connectivity index (χ2n) is 4.22. The second-order valence-corrected chi connectivity index (χ2v) is 7.07. The number of ether oxygens (including phenoxy) is 1. The Morgan fingerprint density at radius 3 is 2.17 bits per heavy atom. The van der Waals surface area contributed by atoms with E-state index in [0.717, 1.165) is 18.0 Å². The third-order valence-corrected chi connectivity index (χ3v) is 5.77. The van der Waals surface area contributed by atoms with E-state index in [1.807, 2.05) is 27.7 Å². The van der Waals surface area contributed by atoms with Crippen molar-refractivity contribution in [3.05, 3.63) is 12.2 Å². The lowest BCUT2D eigenvalue weighted by molar-refractivity contribution is 0.0695. The normalized spacial score (nSPS) is 13.6. The zero-order valence-electron chi connectivity index (χ0n) is 12.5. The summed E-state index contributed by atoms with van der Waals surface area (Å²) in [6.45, 7) is 13.7. The molecule has 0 rings (SSSR count). The molecule has 0 N–H and O–H groups in total. The maximum atomic E-state index is 5.70. The summed E-state index contributed by atoms with van der Waals surface area (Å²) in [6.07, 6.45) is 0.973. The molecule has 1 unspecified atom stereocenters. The molecule has 0 aliphatic rings. The van der Waals surface area contributed by atoms with Crippen LogP contribution in [0, 0.1) is 0 Å². The van der Waals surface area contributed by atoms with E-state index in [1.165, 1.54) is 0 Å². The van der Waals surface area contributed by atoms with Gasteiger partial charge in [-0.1, -0.05) is 12.2 Å². The van der Waals surface area contributed by atoms with Crippen molar-refractivity contribution in [1.82, 2.24) is 0 Å². The van der Waals surface area contributed by atoms with Crippen molar-refractivity contribution in [3.63, 3.8) is 0 Å². The molecule has 5 heteroatoms. The standard InChI is InChI=1S/C13H28O4Si/c1-7-16-18(14-6,17-8-2)11-9-10-15-13(5)12(3)4/h13H,3,7-11H2,1-2,4-6H3. The van der Waals surface area contributed by atoms with Crippen molar-refractivity contribution in [2.45, 2.75) is 46.3 Å². The Morgan fingerprint density at radius 2 is 1.78 bits per heavy atom. The lowest BCUT2D eigenvalue weighted by Gasteiger charge is -2.27. The largest absolute Gasteiger partial charge is 0.500 e. The van der Waals surface area contributed by atoms with Crippen LogP contribution in [0.2, 0.25) is 6.04 Å². The molecule has 108 valence electrons. The van der Waals surface area contributed by atoms with Crippen molar-refractivity contribution >= 4 is 8.80 Å². The summed E-state index contributed by atoms with van der Waals surface area (Å²) in [5.74, 6) is 0. The molecule has 0 aromatic rings. The first kappa shape index (κ1) is 17.8. The van der Waals surface area contributed by atoms with Crippen LogP contribution in [0.4, 0.5) is 0 Å². The fourth-order valence-electron chi connectivity index (χ4n) is 1.54. The molecule has 1 atom stereocenters. The van der Waals surface area contributed by atoms with Crippen LogP contribution < -0.4 is 0 Å². The predicted octanol–water partition coefficient (Wildman–Crippen LogP) is 3.02. The molecule has 4 nitrogen and oxygen atoms in total. The van der Waals surface area contributed by atoms with Gasteiger partial charge in [0.05, 0.1) is 6.10 Å². The van der Waals surface area contributed by atoms with Crippen LogP contribution in [0.1, 0.15) is 34.1 Å². The SMILES string of the molecule is C=C(C)C(C)OCCC[Si](OC)(OCC)OCC. The highest BCUT2D eigenvalue weighted by Gasteiger charge is 2.38. The summed E-state index contributed by atoms with van der Waals surface area (Å²) < 4.78 is 22.5. The van der Waals surface area contributed by atoms with Crippen LogP contribution in [-0.4, -0.2) is 41.8 Å². The van der Waals surface area contributed by atoms with Crippen molar-refractivity contribution in [1.29, 1.82) is 0 Å². The highest BCUT2D eigenvalue weighted by molar-refractivity contribution is 6.60. The molecule has 0 aromatic carbocycles. The Labute approximate surface area is 113 Å². The first-order chi connectivity index (χ1) is 8.51. The third kappa shape index (κ3) is 6.66. The van der Waals surface area contributed by atoms with Crippen LogP contribution in [-0.2, 0) is 18.0 Å². The fourth-order valence-corrected chi connectivity index (χ4v) is 3.81. The maximum Gasteiger partial charge on any atom is 0.500 e. The Hall–Kier alpha value is -0.203. The lowest BCUT2D eigenvalue weighted by Crippen LogP contribution is -2.45. The molecule has 0 spiro atoms. The highest BCUT2D eigenvalue weighted by Crippen LogP contribution is 2.17.